The first-order valence-corrected chi connectivity index (χ1v) is 9.97. The van der Waals surface area contributed by atoms with E-state index in [0.29, 0.717) is 12.0 Å². The minimum atomic E-state index is -0.592. The van der Waals surface area contributed by atoms with Gasteiger partial charge in [-0.1, -0.05) is 79.1 Å². The number of carbonyl (C=O) groups is 1. The summed E-state index contributed by atoms with van der Waals surface area (Å²) in [5.41, 5.74) is 0. The Morgan fingerprint density at radius 3 is 1.91 bits per heavy atom. The molecular weight excluding hydrogens is 286 g/mol. The lowest BCUT2D eigenvalue weighted by atomic mass is 9.84. The summed E-state index contributed by atoms with van der Waals surface area (Å²) in [6.45, 7) is 9.65. The second kappa shape index (κ2) is 15.0. The van der Waals surface area contributed by atoms with Gasteiger partial charge in [-0.05, 0) is 31.7 Å². The maximum Gasteiger partial charge on any atom is 0.306 e. The third-order valence-electron chi connectivity index (χ3n) is 4.68. The number of rotatable bonds is 16. The van der Waals surface area contributed by atoms with Gasteiger partial charge in [-0.25, -0.2) is 0 Å². The maximum atomic E-state index is 11.6. The molecule has 0 aromatic carbocycles. The smallest absolute Gasteiger partial charge is 0.306 e. The van der Waals surface area contributed by atoms with Crippen molar-refractivity contribution in [2.45, 2.75) is 104 Å². The summed E-state index contributed by atoms with van der Waals surface area (Å²) in [5.74, 6) is -0.144. The highest BCUT2D eigenvalue weighted by Crippen LogP contribution is 2.27. The zero-order valence-electron chi connectivity index (χ0n) is 16.1. The van der Waals surface area contributed by atoms with E-state index in [-0.39, 0.29) is 5.92 Å². The molecule has 0 amide bonds. The average Bonchev–Trinajstić information content (AvgIpc) is 2.49. The van der Waals surface area contributed by atoms with E-state index in [4.69, 9.17) is 0 Å². The largest absolute Gasteiger partial charge is 0.481 e. The molecule has 1 atom stereocenters. The van der Waals surface area contributed by atoms with E-state index in [1.807, 2.05) is 0 Å². The van der Waals surface area contributed by atoms with Crippen LogP contribution in [0, 0.1) is 11.8 Å². The Labute approximate surface area is 144 Å². The number of nitrogens with one attached hydrogen (secondary N) is 1. The molecule has 0 saturated carbocycles. The fraction of sp³-hybridized carbons (Fsp3) is 0.950. The van der Waals surface area contributed by atoms with Crippen LogP contribution >= 0.6 is 0 Å². The Bertz CT molecular complexity index is 269. The summed E-state index contributed by atoms with van der Waals surface area (Å²) in [6, 6.07) is 0.481. The molecule has 0 radical (unpaired) electrons. The molecule has 3 heteroatoms. The average molecular weight is 328 g/mol. The molecule has 0 heterocycles. The van der Waals surface area contributed by atoms with Crippen molar-refractivity contribution in [2.75, 3.05) is 6.54 Å². The molecule has 0 aliphatic carbocycles. The number of carboxylic acids is 1. The summed E-state index contributed by atoms with van der Waals surface area (Å²) in [6.07, 6.45) is 12.6. The highest BCUT2D eigenvalue weighted by atomic mass is 16.4. The zero-order chi connectivity index (χ0) is 17.5. The molecule has 1 unspecified atom stereocenters. The zero-order valence-corrected chi connectivity index (χ0v) is 16.1. The Kier molecular flexibility index (Phi) is 14.6. The summed E-state index contributed by atoms with van der Waals surface area (Å²) in [5, 5.41) is 12.9. The number of aliphatic carboxylic acids is 1. The van der Waals surface area contributed by atoms with Crippen LogP contribution in [0.15, 0.2) is 0 Å². The maximum absolute atomic E-state index is 11.6. The van der Waals surface area contributed by atoms with Gasteiger partial charge in [-0.15, -0.1) is 0 Å². The molecule has 0 aliphatic rings. The fourth-order valence-corrected chi connectivity index (χ4v) is 3.23. The van der Waals surface area contributed by atoms with E-state index < -0.39 is 5.97 Å². The van der Waals surface area contributed by atoms with Gasteiger partial charge >= 0.3 is 5.97 Å². The van der Waals surface area contributed by atoms with Gasteiger partial charge < -0.3 is 10.4 Å². The molecule has 0 fully saturated rings. The van der Waals surface area contributed by atoms with E-state index in [1.54, 1.807) is 0 Å². The van der Waals surface area contributed by atoms with Crippen LogP contribution in [0.1, 0.15) is 98.3 Å². The molecule has 0 spiro atoms. The predicted octanol–water partition coefficient (Wildman–Crippen LogP) is 5.63. The van der Waals surface area contributed by atoms with Gasteiger partial charge in [0.2, 0.25) is 0 Å². The first-order chi connectivity index (χ1) is 11.0. The fourth-order valence-electron chi connectivity index (χ4n) is 3.23. The van der Waals surface area contributed by atoms with E-state index in [2.05, 4.69) is 33.0 Å². The highest BCUT2D eigenvalue weighted by Gasteiger charge is 2.22. The van der Waals surface area contributed by atoms with Crippen molar-refractivity contribution >= 4 is 5.97 Å². The quantitative estimate of drug-likeness (QED) is 0.361. The normalized spacial score (nSPS) is 13.0. The van der Waals surface area contributed by atoms with Gasteiger partial charge in [0.25, 0.3) is 0 Å². The summed E-state index contributed by atoms with van der Waals surface area (Å²) in [7, 11) is 0. The monoisotopic (exact) mass is 327 g/mol. The van der Waals surface area contributed by atoms with Crippen LogP contribution in [0.4, 0.5) is 0 Å². The van der Waals surface area contributed by atoms with Crippen molar-refractivity contribution in [1.82, 2.24) is 5.32 Å². The van der Waals surface area contributed by atoms with Crippen molar-refractivity contribution in [3.05, 3.63) is 0 Å². The third kappa shape index (κ3) is 13.6. The predicted molar refractivity (Wildman–Crippen MR) is 99.9 cm³/mol. The van der Waals surface area contributed by atoms with Crippen LogP contribution in [0.2, 0.25) is 0 Å². The minimum absolute atomic E-state index is 0.155. The number of hydrogen-bond acceptors (Lipinski definition) is 2. The molecular formula is C20H41NO2. The van der Waals surface area contributed by atoms with E-state index in [0.717, 1.165) is 25.8 Å². The van der Waals surface area contributed by atoms with Gasteiger partial charge in [-0.2, -0.15) is 0 Å². The van der Waals surface area contributed by atoms with Crippen molar-refractivity contribution in [1.29, 1.82) is 0 Å². The summed E-state index contributed by atoms with van der Waals surface area (Å²) in [4.78, 5) is 11.6. The van der Waals surface area contributed by atoms with Crippen LogP contribution in [-0.2, 0) is 4.79 Å². The second-order valence-corrected chi connectivity index (χ2v) is 7.38. The highest BCUT2D eigenvalue weighted by molar-refractivity contribution is 5.69. The second-order valence-electron chi connectivity index (χ2n) is 7.38. The summed E-state index contributed by atoms with van der Waals surface area (Å²) >= 11 is 0. The Hall–Kier alpha value is -0.570. The van der Waals surface area contributed by atoms with Crippen molar-refractivity contribution in [3.8, 4) is 0 Å². The number of carboxylic acid groups (broad SMARTS) is 1. The topological polar surface area (TPSA) is 49.3 Å². The number of unbranched alkanes of at least 4 members (excludes halogenated alkanes) is 4. The minimum Gasteiger partial charge on any atom is -0.481 e. The van der Waals surface area contributed by atoms with Crippen molar-refractivity contribution in [3.63, 3.8) is 0 Å². The van der Waals surface area contributed by atoms with Gasteiger partial charge in [-0.3, -0.25) is 4.79 Å². The van der Waals surface area contributed by atoms with Crippen LogP contribution in [0.25, 0.3) is 0 Å². The van der Waals surface area contributed by atoms with Gasteiger partial charge in [0.05, 0.1) is 5.92 Å². The molecule has 23 heavy (non-hydrogen) atoms. The van der Waals surface area contributed by atoms with Crippen LogP contribution in [0.5, 0.6) is 0 Å². The SMILES string of the molecule is CCCCCC(CCCCC)CC(CCCNC(C)C)C(=O)O. The Morgan fingerprint density at radius 2 is 1.48 bits per heavy atom. The van der Waals surface area contributed by atoms with Gasteiger partial charge in [0.15, 0.2) is 0 Å². The lowest BCUT2D eigenvalue weighted by molar-refractivity contribution is -0.142. The molecule has 0 aromatic rings. The van der Waals surface area contributed by atoms with E-state index in [9.17, 15) is 9.90 Å². The molecule has 0 aromatic heterocycles. The van der Waals surface area contributed by atoms with E-state index in [1.165, 1.54) is 51.4 Å². The lowest BCUT2D eigenvalue weighted by Crippen LogP contribution is -2.25. The van der Waals surface area contributed by atoms with Crippen molar-refractivity contribution in [2.24, 2.45) is 11.8 Å². The Morgan fingerprint density at radius 1 is 0.913 bits per heavy atom. The molecule has 0 bridgehead atoms. The Balaban J connectivity index is 4.31. The van der Waals surface area contributed by atoms with Gasteiger partial charge in [0.1, 0.15) is 0 Å². The summed E-state index contributed by atoms with van der Waals surface area (Å²) < 4.78 is 0. The molecule has 2 N–H and O–H groups in total. The molecule has 3 nitrogen and oxygen atoms in total. The lowest BCUT2D eigenvalue weighted by Gasteiger charge is -2.21. The van der Waals surface area contributed by atoms with Crippen LogP contribution in [-0.4, -0.2) is 23.7 Å². The molecule has 0 aliphatic heterocycles. The van der Waals surface area contributed by atoms with E-state index >= 15 is 0 Å². The van der Waals surface area contributed by atoms with Gasteiger partial charge in [0, 0.05) is 6.04 Å². The first-order valence-electron chi connectivity index (χ1n) is 9.97. The molecule has 0 rings (SSSR count). The standard InChI is InChI=1S/C20H41NO2/c1-5-7-9-12-18(13-10-8-6-2)16-19(20(22)23)14-11-15-21-17(3)4/h17-19,21H,5-16H2,1-4H3,(H,22,23). The van der Waals surface area contributed by atoms with Crippen LogP contribution in [0.3, 0.4) is 0 Å². The third-order valence-corrected chi connectivity index (χ3v) is 4.68. The number of hydrogen-bond donors (Lipinski definition) is 2. The van der Waals surface area contributed by atoms with Crippen LogP contribution < -0.4 is 5.32 Å². The molecule has 0 saturated heterocycles. The van der Waals surface area contributed by atoms with Crippen molar-refractivity contribution < 1.29 is 9.90 Å². The molecule has 138 valence electrons. The first kappa shape index (κ1) is 22.4.